The summed E-state index contributed by atoms with van der Waals surface area (Å²) in [5.41, 5.74) is -5.93. The Kier molecular flexibility index (Phi) is 10.2. The summed E-state index contributed by atoms with van der Waals surface area (Å²) in [6.07, 6.45) is 0. The van der Waals surface area contributed by atoms with Crippen LogP contribution < -0.4 is 33.2 Å². The van der Waals surface area contributed by atoms with Gasteiger partial charge in [0.2, 0.25) is 12.5 Å². The van der Waals surface area contributed by atoms with Crippen LogP contribution in [0.25, 0.3) is 0 Å². The Hall–Kier alpha value is -4.37. The third kappa shape index (κ3) is 7.70. The van der Waals surface area contributed by atoms with Gasteiger partial charge in [-0.2, -0.15) is 21.6 Å². The molecule has 3 aromatic rings. The van der Waals surface area contributed by atoms with Crippen molar-refractivity contribution >= 4 is 16.1 Å². The van der Waals surface area contributed by atoms with Crippen molar-refractivity contribution in [2.75, 3.05) is 28.1 Å². The van der Waals surface area contributed by atoms with Crippen LogP contribution in [0.4, 0.5) is 13.2 Å². The Bertz CT molecular complexity index is 1630. The predicted molar refractivity (Wildman–Crippen MR) is 159 cm³/mol. The molecule has 0 fully saturated rings. The van der Waals surface area contributed by atoms with Crippen molar-refractivity contribution < 1.29 is 59.0 Å². The molecule has 1 aliphatic rings. The van der Waals surface area contributed by atoms with Gasteiger partial charge in [0.1, 0.15) is 11.6 Å². The fraction of sp³-hybridized carbons (Fsp3) is 0.387. The fourth-order valence-electron chi connectivity index (χ4n) is 4.78. The first-order valence-electron chi connectivity index (χ1n) is 13.8. The molecule has 0 spiro atoms. The molecule has 0 radical (unpaired) electrons. The molecule has 46 heavy (non-hydrogen) atoms. The second-order valence-electron chi connectivity index (χ2n) is 11.0. The molecule has 11 nitrogen and oxygen atoms in total. The molecule has 0 aromatic heterocycles. The van der Waals surface area contributed by atoms with Crippen LogP contribution in [0.15, 0.2) is 54.6 Å². The van der Waals surface area contributed by atoms with Crippen molar-refractivity contribution in [3.8, 4) is 34.5 Å². The van der Waals surface area contributed by atoms with Gasteiger partial charge >= 0.3 is 21.6 Å². The summed E-state index contributed by atoms with van der Waals surface area (Å²) in [4.78, 5) is 14.0. The van der Waals surface area contributed by atoms with Gasteiger partial charge in [-0.3, -0.25) is 10.1 Å². The van der Waals surface area contributed by atoms with E-state index in [1.54, 1.807) is 45.0 Å². The van der Waals surface area contributed by atoms with Gasteiger partial charge in [0, 0.05) is 24.1 Å². The molecule has 15 heteroatoms. The lowest BCUT2D eigenvalue weighted by molar-refractivity contribution is -0.158. The minimum atomic E-state index is -6.18. The molecule has 1 heterocycles. The summed E-state index contributed by atoms with van der Waals surface area (Å²) >= 11 is 0. The molecule has 2 atom stereocenters. The molecule has 0 saturated carbocycles. The number of nitrogens with one attached hydrogen (secondary N) is 1. The average molecular weight is 670 g/mol. The first kappa shape index (κ1) is 34.5. The second-order valence-corrected chi connectivity index (χ2v) is 12.6. The number of hydrogen-bond acceptors (Lipinski definition) is 11. The zero-order chi connectivity index (χ0) is 33.9. The Morgan fingerprint density at radius 2 is 1.48 bits per heavy atom. The number of ether oxygens (including phenoxy) is 6. The number of esters is 1. The maximum absolute atomic E-state index is 14.0. The summed E-state index contributed by atoms with van der Waals surface area (Å²) in [7, 11) is -2.07. The number of fused-ring (bicyclic) bond motifs is 1. The normalized spacial score (nSPS) is 14.3. The highest BCUT2D eigenvalue weighted by molar-refractivity contribution is 7.88. The fourth-order valence-corrected chi connectivity index (χ4v) is 5.25. The minimum absolute atomic E-state index is 0.0640. The standard InChI is InChI=1S/C31H34F3NO10S/c1-30(2,3)44-29(36)27(35-16-18-10-8-7-9-11-18)26(19-12-24(39-4)28(41-6)25(13-19)40-5)20-14-22-23(43-17-42-22)15-21(20)45-46(37,38)31(32,33)34/h7-15,26-27,35H,16-17H2,1-6H3/t26-,27+/m1/s1. The molecule has 0 saturated heterocycles. The van der Waals surface area contributed by atoms with Gasteiger partial charge in [-0.15, -0.1) is 0 Å². The van der Waals surface area contributed by atoms with Gasteiger partial charge in [-0.1, -0.05) is 30.3 Å². The maximum Gasteiger partial charge on any atom is 0.534 e. The number of alkyl halides is 3. The van der Waals surface area contributed by atoms with Crippen molar-refractivity contribution in [1.82, 2.24) is 5.32 Å². The van der Waals surface area contributed by atoms with Gasteiger partial charge in [-0.25, -0.2) is 0 Å². The largest absolute Gasteiger partial charge is 0.534 e. The second kappa shape index (κ2) is 13.5. The number of halogens is 3. The molecular weight excluding hydrogens is 635 g/mol. The first-order chi connectivity index (χ1) is 21.6. The highest BCUT2D eigenvalue weighted by atomic mass is 32.2. The lowest BCUT2D eigenvalue weighted by Gasteiger charge is -2.32. The molecule has 0 bridgehead atoms. The quantitative estimate of drug-likeness (QED) is 0.153. The molecule has 0 amide bonds. The SMILES string of the molecule is COc1cc([C@H](c2cc3c(cc2OS(=O)(=O)C(F)(F)F)OCO3)[C@H](NCc2ccccc2)C(=O)OC(C)(C)C)cc(OC)c1OC. The average Bonchev–Trinajstić information content (AvgIpc) is 3.44. The van der Waals surface area contributed by atoms with E-state index in [2.05, 4.69) is 5.32 Å². The Labute approximate surface area is 264 Å². The van der Waals surface area contributed by atoms with Gasteiger partial charge in [0.05, 0.1) is 21.3 Å². The van der Waals surface area contributed by atoms with Gasteiger partial charge < -0.3 is 32.6 Å². The molecular formula is C31H34F3NO10S. The van der Waals surface area contributed by atoms with E-state index in [1.165, 1.54) is 39.5 Å². The topological polar surface area (TPSA) is 128 Å². The van der Waals surface area contributed by atoms with E-state index in [4.69, 9.17) is 32.6 Å². The van der Waals surface area contributed by atoms with E-state index in [9.17, 15) is 26.4 Å². The monoisotopic (exact) mass is 669 g/mol. The molecule has 4 rings (SSSR count). The number of rotatable bonds is 12. The van der Waals surface area contributed by atoms with Crippen LogP contribution in [0.1, 0.15) is 43.4 Å². The molecule has 1 aliphatic heterocycles. The maximum atomic E-state index is 14.0. The molecule has 1 N–H and O–H groups in total. The van der Waals surface area contributed by atoms with E-state index >= 15 is 0 Å². The smallest absolute Gasteiger partial charge is 0.493 e. The summed E-state index contributed by atoms with van der Waals surface area (Å²) in [6, 6.07) is 12.8. The van der Waals surface area contributed by atoms with Gasteiger partial charge in [0.15, 0.2) is 28.7 Å². The van der Waals surface area contributed by atoms with Crippen molar-refractivity contribution in [1.29, 1.82) is 0 Å². The van der Waals surface area contributed by atoms with Crippen LogP contribution in [0.5, 0.6) is 34.5 Å². The first-order valence-corrected chi connectivity index (χ1v) is 15.2. The van der Waals surface area contributed by atoms with Crippen LogP contribution >= 0.6 is 0 Å². The number of methoxy groups -OCH3 is 3. The Morgan fingerprint density at radius 3 is 2.00 bits per heavy atom. The molecule has 0 unspecified atom stereocenters. The lowest BCUT2D eigenvalue weighted by atomic mass is 9.83. The molecule has 0 aliphatic carbocycles. The highest BCUT2D eigenvalue weighted by Gasteiger charge is 2.49. The molecule has 3 aromatic carbocycles. The zero-order valence-electron chi connectivity index (χ0n) is 25.9. The molecule has 250 valence electrons. The van der Waals surface area contributed by atoms with Crippen LogP contribution in [0.2, 0.25) is 0 Å². The van der Waals surface area contributed by atoms with E-state index < -0.39 is 44.9 Å². The van der Waals surface area contributed by atoms with Crippen LogP contribution in [-0.2, 0) is 26.2 Å². The Morgan fingerprint density at radius 1 is 0.891 bits per heavy atom. The summed E-state index contributed by atoms with van der Waals surface area (Å²) in [5.74, 6) is -2.35. The van der Waals surface area contributed by atoms with Crippen LogP contribution in [-0.4, -0.2) is 59.7 Å². The van der Waals surface area contributed by atoms with Gasteiger partial charge in [0.25, 0.3) is 0 Å². The van der Waals surface area contributed by atoms with E-state index in [0.29, 0.717) is 0 Å². The Balaban J connectivity index is 2.03. The van der Waals surface area contributed by atoms with Crippen molar-refractivity contribution in [2.45, 2.75) is 50.4 Å². The third-order valence-corrected chi connectivity index (χ3v) is 7.70. The van der Waals surface area contributed by atoms with Crippen LogP contribution in [0, 0.1) is 0 Å². The van der Waals surface area contributed by atoms with Crippen molar-refractivity contribution in [2.24, 2.45) is 0 Å². The summed E-state index contributed by atoms with van der Waals surface area (Å²) < 4.78 is 103. The van der Waals surface area contributed by atoms with E-state index in [-0.39, 0.29) is 53.2 Å². The minimum Gasteiger partial charge on any atom is -0.493 e. The van der Waals surface area contributed by atoms with Crippen molar-refractivity contribution in [3.05, 3.63) is 71.3 Å². The number of carbonyl (C=O) groups excluding carboxylic acids is 1. The summed E-state index contributed by atoms with van der Waals surface area (Å²) in [5, 5.41) is 3.16. The van der Waals surface area contributed by atoms with Gasteiger partial charge in [-0.05, 0) is 50.1 Å². The number of benzene rings is 3. The number of hydrogen-bond donors (Lipinski definition) is 1. The summed E-state index contributed by atoms with van der Waals surface area (Å²) in [6.45, 7) is 4.77. The van der Waals surface area contributed by atoms with E-state index in [1.807, 2.05) is 6.07 Å². The van der Waals surface area contributed by atoms with Crippen LogP contribution in [0.3, 0.4) is 0 Å². The highest BCUT2D eigenvalue weighted by Crippen LogP contribution is 2.48. The zero-order valence-corrected chi connectivity index (χ0v) is 26.7. The van der Waals surface area contributed by atoms with Crippen molar-refractivity contribution in [3.63, 3.8) is 0 Å². The number of carbonyl (C=O) groups is 1. The predicted octanol–water partition coefficient (Wildman–Crippen LogP) is 5.30. The van der Waals surface area contributed by atoms with E-state index in [0.717, 1.165) is 11.6 Å². The lowest BCUT2D eigenvalue weighted by Crippen LogP contribution is -2.45. The third-order valence-electron chi connectivity index (χ3n) is 6.73.